The standard InChI is InChI=1S/C33H40N4O5S/c1-20-8-6-9-21(2)27(20)28-22(3)29-35-31(34-28)36-43(40,41)26-11-7-10-23(16-26)30(38)37(25-17-33(18-25)14-15-33)24(19-42-29)12-13-32(4,5)39/h6-11,16,24-25,39H,12-15,17-19H2,1-5H3,(H,34,35,36)/t24-/m1/s1. The molecule has 9 nitrogen and oxygen atoms in total. The Morgan fingerprint density at radius 1 is 1.07 bits per heavy atom. The van der Waals surface area contributed by atoms with Crippen molar-refractivity contribution < 1.29 is 23.1 Å². The van der Waals surface area contributed by atoms with E-state index in [0.29, 0.717) is 35.1 Å². The molecule has 3 aliphatic rings. The number of benzene rings is 2. The van der Waals surface area contributed by atoms with Gasteiger partial charge in [0.15, 0.2) is 0 Å². The number of rotatable bonds is 5. The molecule has 3 aromatic rings. The lowest BCUT2D eigenvalue weighted by Crippen LogP contribution is -2.55. The second-order valence-corrected chi connectivity index (χ2v) is 15.0. The molecule has 6 rings (SSSR count). The van der Waals surface area contributed by atoms with E-state index in [-0.39, 0.29) is 41.3 Å². The van der Waals surface area contributed by atoms with Gasteiger partial charge in [0.1, 0.15) is 6.61 Å². The van der Waals surface area contributed by atoms with E-state index < -0.39 is 15.6 Å². The lowest BCUT2D eigenvalue weighted by Gasteiger charge is -2.47. The predicted octanol–water partition coefficient (Wildman–Crippen LogP) is 5.57. The Kier molecular flexibility index (Phi) is 7.28. The molecule has 2 N–H and O–H groups in total. The number of aromatic nitrogens is 2. The van der Waals surface area contributed by atoms with E-state index in [4.69, 9.17) is 4.74 Å². The fourth-order valence-corrected chi connectivity index (χ4v) is 7.58. The number of amides is 1. The maximum Gasteiger partial charge on any atom is 0.264 e. The molecule has 2 aliphatic carbocycles. The first-order chi connectivity index (χ1) is 20.3. The Hall–Kier alpha value is -3.50. The molecule has 0 saturated heterocycles. The van der Waals surface area contributed by atoms with Gasteiger partial charge in [0.05, 0.1) is 22.2 Å². The summed E-state index contributed by atoms with van der Waals surface area (Å²) in [4.78, 5) is 25.3. The van der Waals surface area contributed by atoms with Gasteiger partial charge in [-0.1, -0.05) is 24.3 Å². The van der Waals surface area contributed by atoms with Crippen LogP contribution in [0.4, 0.5) is 5.95 Å². The molecule has 228 valence electrons. The Balaban J connectivity index is 1.50. The van der Waals surface area contributed by atoms with Crippen LogP contribution in [0.25, 0.3) is 11.3 Å². The minimum absolute atomic E-state index is 0.0150. The van der Waals surface area contributed by atoms with E-state index in [9.17, 15) is 18.3 Å². The SMILES string of the molecule is Cc1cccc(C)c1-c1nc2nc(c1C)OC[C@@H](CCC(C)(C)O)N(C1CC3(CC3)C1)C(=O)c1cccc(c1)S(=O)(=O)N2. The number of fused-ring (bicyclic) bond motifs is 4. The number of hydrogen-bond acceptors (Lipinski definition) is 7. The topological polar surface area (TPSA) is 122 Å². The van der Waals surface area contributed by atoms with Gasteiger partial charge in [-0.3, -0.25) is 4.79 Å². The quantitative estimate of drug-likeness (QED) is 0.391. The van der Waals surface area contributed by atoms with Crippen LogP contribution in [-0.2, 0) is 10.0 Å². The lowest BCUT2D eigenvalue weighted by atomic mass is 9.75. The number of carbonyl (C=O) groups excluding carboxylic acids is 1. The molecule has 4 bridgehead atoms. The first-order valence-electron chi connectivity index (χ1n) is 15.0. The summed E-state index contributed by atoms with van der Waals surface area (Å²) < 4.78 is 36.2. The summed E-state index contributed by atoms with van der Waals surface area (Å²) in [5.41, 5.74) is 3.83. The summed E-state index contributed by atoms with van der Waals surface area (Å²) in [5, 5.41) is 10.6. The molecule has 10 heteroatoms. The average molecular weight is 605 g/mol. The van der Waals surface area contributed by atoms with Crippen molar-refractivity contribution in [2.45, 2.75) is 95.7 Å². The van der Waals surface area contributed by atoms with Crippen molar-refractivity contribution in [1.29, 1.82) is 0 Å². The Morgan fingerprint density at radius 2 is 1.74 bits per heavy atom. The van der Waals surface area contributed by atoms with Crippen LogP contribution in [0.15, 0.2) is 47.4 Å². The Morgan fingerprint density at radius 3 is 2.40 bits per heavy atom. The van der Waals surface area contributed by atoms with Crippen LogP contribution in [0.1, 0.15) is 79.4 Å². The van der Waals surface area contributed by atoms with Crippen LogP contribution in [0.5, 0.6) is 5.88 Å². The zero-order valence-electron chi connectivity index (χ0n) is 25.5. The zero-order chi connectivity index (χ0) is 30.7. The third kappa shape index (κ3) is 5.87. The molecule has 43 heavy (non-hydrogen) atoms. The van der Waals surface area contributed by atoms with Crippen LogP contribution in [-0.4, -0.2) is 58.6 Å². The summed E-state index contributed by atoms with van der Waals surface area (Å²) in [7, 11) is -4.13. The van der Waals surface area contributed by atoms with Gasteiger partial charge in [0.25, 0.3) is 15.9 Å². The van der Waals surface area contributed by atoms with E-state index in [1.54, 1.807) is 26.0 Å². The van der Waals surface area contributed by atoms with Gasteiger partial charge < -0.3 is 14.7 Å². The molecule has 2 aromatic carbocycles. The van der Waals surface area contributed by atoms with Gasteiger partial charge >= 0.3 is 0 Å². The highest BCUT2D eigenvalue weighted by molar-refractivity contribution is 7.92. The predicted molar refractivity (Wildman–Crippen MR) is 165 cm³/mol. The molecule has 2 heterocycles. The van der Waals surface area contributed by atoms with Crippen molar-refractivity contribution in [2.24, 2.45) is 5.41 Å². The van der Waals surface area contributed by atoms with Gasteiger partial charge in [-0.25, -0.2) is 18.1 Å². The van der Waals surface area contributed by atoms with Crippen LogP contribution in [0, 0.1) is 26.2 Å². The molecule has 1 aliphatic heterocycles. The molecule has 1 amide bonds. The Bertz CT molecular complexity index is 1670. The highest BCUT2D eigenvalue weighted by atomic mass is 32.2. The second-order valence-electron chi connectivity index (χ2n) is 13.3. The maximum absolute atomic E-state index is 14.3. The number of hydrogen-bond donors (Lipinski definition) is 2. The monoisotopic (exact) mass is 604 g/mol. The largest absolute Gasteiger partial charge is 0.475 e. The molecule has 0 radical (unpaired) electrons. The van der Waals surface area contributed by atoms with Crippen LogP contribution in [0.2, 0.25) is 0 Å². The highest BCUT2D eigenvalue weighted by Gasteiger charge is 2.56. The summed E-state index contributed by atoms with van der Waals surface area (Å²) in [5.74, 6) is -0.0788. The molecule has 1 aromatic heterocycles. The van der Waals surface area contributed by atoms with Crippen LogP contribution < -0.4 is 9.46 Å². The molecule has 2 saturated carbocycles. The third-order valence-electron chi connectivity index (χ3n) is 9.25. The molecule has 1 spiro atoms. The lowest BCUT2D eigenvalue weighted by molar-refractivity contribution is 0.00140. The second kappa shape index (κ2) is 10.6. The van der Waals surface area contributed by atoms with Crippen molar-refractivity contribution in [3.8, 4) is 17.1 Å². The first kappa shape index (κ1) is 29.6. The minimum atomic E-state index is -4.13. The van der Waals surface area contributed by atoms with Gasteiger partial charge in [0.2, 0.25) is 11.8 Å². The van der Waals surface area contributed by atoms with Crippen molar-refractivity contribution in [3.05, 3.63) is 64.7 Å². The number of ether oxygens (including phenoxy) is 1. The summed E-state index contributed by atoms with van der Waals surface area (Å²) >= 11 is 0. The molecule has 0 unspecified atom stereocenters. The van der Waals surface area contributed by atoms with Gasteiger partial charge in [-0.2, -0.15) is 4.98 Å². The van der Waals surface area contributed by atoms with Crippen molar-refractivity contribution in [2.75, 3.05) is 11.3 Å². The number of nitrogens with one attached hydrogen (secondary N) is 1. The summed E-state index contributed by atoms with van der Waals surface area (Å²) in [6, 6.07) is 11.7. The number of anilines is 1. The Labute approximate surface area is 253 Å². The minimum Gasteiger partial charge on any atom is -0.475 e. The van der Waals surface area contributed by atoms with Crippen molar-refractivity contribution >= 4 is 21.9 Å². The highest BCUT2D eigenvalue weighted by Crippen LogP contribution is 2.62. The normalized spacial score (nSPS) is 21.1. The van der Waals surface area contributed by atoms with E-state index in [1.165, 1.54) is 25.0 Å². The third-order valence-corrected chi connectivity index (χ3v) is 10.6. The first-order valence-corrected chi connectivity index (χ1v) is 16.5. The zero-order valence-corrected chi connectivity index (χ0v) is 26.3. The van der Waals surface area contributed by atoms with E-state index in [2.05, 4.69) is 14.7 Å². The number of sulfonamides is 1. The van der Waals surface area contributed by atoms with E-state index in [0.717, 1.165) is 29.5 Å². The molecular weight excluding hydrogens is 564 g/mol. The number of carbonyl (C=O) groups is 1. The van der Waals surface area contributed by atoms with Crippen molar-refractivity contribution in [3.63, 3.8) is 0 Å². The van der Waals surface area contributed by atoms with Crippen LogP contribution in [0.3, 0.4) is 0 Å². The maximum atomic E-state index is 14.3. The number of aryl methyl sites for hydroxylation is 2. The fourth-order valence-electron chi connectivity index (χ4n) is 6.59. The molecule has 1 atom stereocenters. The van der Waals surface area contributed by atoms with E-state index in [1.807, 2.05) is 43.9 Å². The van der Waals surface area contributed by atoms with Gasteiger partial charge in [-0.05, 0) is 108 Å². The van der Waals surface area contributed by atoms with Gasteiger partial charge in [-0.15, -0.1) is 0 Å². The van der Waals surface area contributed by atoms with E-state index >= 15 is 0 Å². The van der Waals surface area contributed by atoms with Crippen molar-refractivity contribution in [1.82, 2.24) is 14.9 Å². The van der Waals surface area contributed by atoms with Gasteiger partial charge in [0, 0.05) is 22.7 Å². The summed E-state index contributed by atoms with van der Waals surface area (Å²) in [6.07, 6.45) is 5.17. The summed E-state index contributed by atoms with van der Waals surface area (Å²) in [6.45, 7) is 9.52. The number of nitrogens with zero attached hydrogens (tertiary/aromatic N) is 3. The smallest absolute Gasteiger partial charge is 0.264 e. The average Bonchev–Trinajstić information content (AvgIpc) is 3.72. The number of aliphatic hydroxyl groups is 1. The van der Waals surface area contributed by atoms with Crippen LogP contribution >= 0.6 is 0 Å². The fraction of sp³-hybridized carbons (Fsp3) is 0.485. The molecule has 2 fully saturated rings. The molecular formula is C33H40N4O5S.